The average molecular weight is 275 g/mol. The molecule has 0 radical (unpaired) electrons. The summed E-state index contributed by atoms with van der Waals surface area (Å²) in [6.45, 7) is 6.32. The van der Waals surface area contributed by atoms with Gasteiger partial charge in [-0.15, -0.1) is 0 Å². The Morgan fingerprint density at radius 3 is 2.65 bits per heavy atom. The number of ether oxygens (including phenoxy) is 1. The van der Waals surface area contributed by atoms with E-state index >= 15 is 0 Å². The molecule has 1 aromatic carbocycles. The van der Waals surface area contributed by atoms with Crippen LogP contribution in [0.3, 0.4) is 0 Å². The van der Waals surface area contributed by atoms with E-state index in [1.165, 1.54) is 37.7 Å². The van der Waals surface area contributed by atoms with Gasteiger partial charge in [-0.1, -0.05) is 44.9 Å². The zero-order valence-electron chi connectivity index (χ0n) is 13.0. The highest BCUT2D eigenvalue weighted by Gasteiger charge is 2.25. The van der Waals surface area contributed by atoms with Crippen molar-refractivity contribution < 1.29 is 4.74 Å². The zero-order valence-corrected chi connectivity index (χ0v) is 13.0. The summed E-state index contributed by atoms with van der Waals surface area (Å²) in [5.74, 6) is 1.87. The van der Waals surface area contributed by atoms with Gasteiger partial charge < -0.3 is 10.1 Å². The lowest BCUT2D eigenvalue weighted by atomic mass is 9.98. The molecule has 0 heterocycles. The van der Waals surface area contributed by atoms with Crippen molar-refractivity contribution in [2.45, 2.75) is 58.4 Å². The van der Waals surface area contributed by atoms with Crippen LogP contribution in [0.2, 0.25) is 0 Å². The fourth-order valence-corrected chi connectivity index (χ4v) is 3.17. The molecule has 1 N–H and O–H groups in total. The Morgan fingerprint density at radius 1 is 1.20 bits per heavy atom. The summed E-state index contributed by atoms with van der Waals surface area (Å²) in [6.07, 6.45) is 7.72. The highest BCUT2D eigenvalue weighted by atomic mass is 16.5. The Morgan fingerprint density at radius 2 is 1.95 bits per heavy atom. The van der Waals surface area contributed by atoms with Gasteiger partial charge >= 0.3 is 0 Å². The van der Waals surface area contributed by atoms with Crippen molar-refractivity contribution in [3.8, 4) is 5.75 Å². The lowest BCUT2D eigenvalue weighted by Gasteiger charge is -2.25. The molecule has 1 saturated carbocycles. The molecule has 2 heteroatoms. The molecule has 1 atom stereocenters. The number of benzene rings is 1. The molecule has 2 nitrogen and oxygen atoms in total. The third-order valence-electron chi connectivity index (χ3n) is 4.40. The van der Waals surface area contributed by atoms with Crippen molar-refractivity contribution in [1.82, 2.24) is 5.32 Å². The SMILES string of the molecule is CCCNC(COc1ccccc1CC)C1CCCC1. The van der Waals surface area contributed by atoms with Crippen LogP contribution in [0.25, 0.3) is 0 Å². The summed E-state index contributed by atoms with van der Waals surface area (Å²) < 4.78 is 6.14. The fourth-order valence-electron chi connectivity index (χ4n) is 3.17. The maximum absolute atomic E-state index is 6.14. The van der Waals surface area contributed by atoms with Crippen LogP contribution in [0.1, 0.15) is 51.5 Å². The predicted octanol–water partition coefficient (Wildman–Crippen LogP) is 4.19. The minimum Gasteiger partial charge on any atom is -0.492 e. The maximum Gasteiger partial charge on any atom is 0.122 e. The average Bonchev–Trinajstić information content (AvgIpc) is 3.02. The molecule has 0 aliphatic heterocycles. The van der Waals surface area contributed by atoms with E-state index in [1.807, 2.05) is 0 Å². The molecule has 0 bridgehead atoms. The molecule has 0 aromatic heterocycles. The van der Waals surface area contributed by atoms with Gasteiger partial charge in [-0.3, -0.25) is 0 Å². The Labute approximate surface area is 123 Å². The van der Waals surface area contributed by atoms with E-state index in [9.17, 15) is 0 Å². The van der Waals surface area contributed by atoms with Crippen LogP contribution in [-0.2, 0) is 6.42 Å². The number of rotatable bonds is 8. The second-order valence-electron chi connectivity index (χ2n) is 5.88. The summed E-state index contributed by atoms with van der Waals surface area (Å²) in [6, 6.07) is 8.94. The molecule has 1 aliphatic carbocycles. The number of hydrogen-bond acceptors (Lipinski definition) is 2. The van der Waals surface area contributed by atoms with Crippen LogP contribution >= 0.6 is 0 Å². The molecule has 1 aromatic rings. The molecule has 1 aliphatic rings. The normalized spacial score (nSPS) is 17.3. The van der Waals surface area contributed by atoms with Gasteiger partial charge in [0, 0.05) is 6.04 Å². The van der Waals surface area contributed by atoms with E-state index in [0.717, 1.165) is 31.2 Å². The van der Waals surface area contributed by atoms with Gasteiger partial charge in [0.2, 0.25) is 0 Å². The van der Waals surface area contributed by atoms with Crippen LogP contribution in [0, 0.1) is 5.92 Å². The molecular weight excluding hydrogens is 246 g/mol. The number of nitrogens with one attached hydrogen (secondary N) is 1. The predicted molar refractivity (Wildman–Crippen MR) is 85.4 cm³/mol. The highest BCUT2D eigenvalue weighted by Crippen LogP contribution is 2.28. The molecule has 1 unspecified atom stereocenters. The van der Waals surface area contributed by atoms with E-state index in [4.69, 9.17) is 4.74 Å². The molecule has 112 valence electrons. The van der Waals surface area contributed by atoms with Crippen molar-refractivity contribution in [1.29, 1.82) is 0 Å². The Hall–Kier alpha value is -1.02. The maximum atomic E-state index is 6.14. The minimum atomic E-state index is 0.516. The first kappa shape index (κ1) is 15.4. The first-order valence-corrected chi connectivity index (χ1v) is 8.29. The second kappa shape index (κ2) is 8.31. The zero-order chi connectivity index (χ0) is 14.2. The van der Waals surface area contributed by atoms with E-state index < -0.39 is 0 Å². The van der Waals surface area contributed by atoms with E-state index in [1.54, 1.807) is 0 Å². The number of hydrogen-bond donors (Lipinski definition) is 1. The van der Waals surface area contributed by atoms with E-state index in [2.05, 4.69) is 43.4 Å². The molecule has 0 amide bonds. The van der Waals surface area contributed by atoms with Gasteiger partial charge in [0.05, 0.1) is 0 Å². The number of para-hydroxylation sites is 1. The summed E-state index contributed by atoms with van der Waals surface area (Å²) in [4.78, 5) is 0. The minimum absolute atomic E-state index is 0.516. The van der Waals surface area contributed by atoms with Gasteiger partial charge in [0.1, 0.15) is 12.4 Å². The van der Waals surface area contributed by atoms with Gasteiger partial charge in [-0.2, -0.15) is 0 Å². The fraction of sp³-hybridized carbons (Fsp3) is 0.667. The monoisotopic (exact) mass is 275 g/mol. The summed E-state index contributed by atoms with van der Waals surface area (Å²) >= 11 is 0. The second-order valence-corrected chi connectivity index (χ2v) is 5.88. The van der Waals surface area contributed by atoms with E-state index in [0.29, 0.717) is 6.04 Å². The number of aryl methyl sites for hydroxylation is 1. The first-order chi connectivity index (χ1) is 9.85. The quantitative estimate of drug-likeness (QED) is 0.768. The van der Waals surface area contributed by atoms with Crippen LogP contribution in [-0.4, -0.2) is 19.2 Å². The van der Waals surface area contributed by atoms with Crippen LogP contribution in [0.15, 0.2) is 24.3 Å². The smallest absolute Gasteiger partial charge is 0.122 e. The third kappa shape index (κ3) is 4.24. The van der Waals surface area contributed by atoms with Crippen molar-refractivity contribution in [3.63, 3.8) is 0 Å². The molecular formula is C18H29NO. The standard InChI is InChI=1S/C18H29NO/c1-3-13-19-17(16-10-5-6-11-16)14-20-18-12-8-7-9-15(18)4-2/h7-9,12,16-17,19H,3-6,10-11,13-14H2,1-2H3. The topological polar surface area (TPSA) is 21.3 Å². The van der Waals surface area contributed by atoms with E-state index in [-0.39, 0.29) is 0 Å². The van der Waals surface area contributed by atoms with Crippen molar-refractivity contribution in [2.75, 3.05) is 13.2 Å². The van der Waals surface area contributed by atoms with Gasteiger partial charge in [0.15, 0.2) is 0 Å². The van der Waals surface area contributed by atoms with Crippen LogP contribution in [0.5, 0.6) is 5.75 Å². The molecule has 0 spiro atoms. The Kier molecular flexibility index (Phi) is 6.38. The summed E-state index contributed by atoms with van der Waals surface area (Å²) in [5, 5.41) is 3.69. The van der Waals surface area contributed by atoms with Gasteiger partial charge in [-0.05, 0) is 49.8 Å². The Balaban J connectivity index is 1.93. The van der Waals surface area contributed by atoms with Crippen LogP contribution < -0.4 is 10.1 Å². The first-order valence-electron chi connectivity index (χ1n) is 8.29. The van der Waals surface area contributed by atoms with Gasteiger partial charge in [0.25, 0.3) is 0 Å². The lowest BCUT2D eigenvalue weighted by Crippen LogP contribution is -2.40. The Bertz CT molecular complexity index is 385. The highest BCUT2D eigenvalue weighted by molar-refractivity contribution is 5.33. The third-order valence-corrected chi connectivity index (χ3v) is 4.40. The lowest BCUT2D eigenvalue weighted by molar-refractivity contribution is 0.216. The summed E-state index contributed by atoms with van der Waals surface area (Å²) in [5.41, 5.74) is 1.31. The van der Waals surface area contributed by atoms with Crippen molar-refractivity contribution in [2.24, 2.45) is 5.92 Å². The van der Waals surface area contributed by atoms with Crippen molar-refractivity contribution in [3.05, 3.63) is 29.8 Å². The van der Waals surface area contributed by atoms with Gasteiger partial charge in [-0.25, -0.2) is 0 Å². The van der Waals surface area contributed by atoms with Crippen LogP contribution in [0.4, 0.5) is 0 Å². The largest absolute Gasteiger partial charge is 0.492 e. The molecule has 2 rings (SSSR count). The molecule has 1 fully saturated rings. The summed E-state index contributed by atoms with van der Waals surface area (Å²) in [7, 11) is 0. The molecule has 0 saturated heterocycles. The van der Waals surface area contributed by atoms with Crippen molar-refractivity contribution >= 4 is 0 Å². The molecule has 20 heavy (non-hydrogen) atoms.